The van der Waals surface area contributed by atoms with Crippen LogP contribution in [0.3, 0.4) is 0 Å². The Morgan fingerprint density at radius 3 is 2.25 bits per heavy atom. The van der Waals surface area contributed by atoms with E-state index in [0.717, 1.165) is 16.5 Å². The van der Waals surface area contributed by atoms with Gasteiger partial charge in [0, 0.05) is 36.7 Å². The van der Waals surface area contributed by atoms with Gasteiger partial charge in [-0.15, -0.1) is 22.9 Å². The monoisotopic (exact) mass is 593 g/mol. The standard InChI is InChI=1S/C28H27ClF3N3O4S/c1-19-21(28(30,31)32)9-5-10-22(19)35(24(36)17-29)25(23-11-6-16-40-23)26(37)33-12-14-34(15-13-33)27(38)39-18-20-7-3-2-4-8-20/h2-11,16,25H,12-15,17-18H2,1H3. The molecule has 3 aromatic rings. The Kier molecular flexibility index (Phi) is 9.36. The molecule has 3 amide bonds. The Balaban J connectivity index is 1.56. The minimum absolute atomic E-state index is 0.0460. The Morgan fingerprint density at radius 2 is 1.65 bits per heavy atom. The van der Waals surface area contributed by atoms with Crippen LogP contribution in [0.4, 0.5) is 23.7 Å². The summed E-state index contributed by atoms with van der Waals surface area (Å²) in [6, 6.07) is 14.9. The smallest absolute Gasteiger partial charge is 0.416 e. The van der Waals surface area contributed by atoms with Crippen LogP contribution in [0.5, 0.6) is 0 Å². The Bertz CT molecular complexity index is 1330. The molecule has 212 valence electrons. The molecule has 7 nitrogen and oxygen atoms in total. The summed E-state index contributed by atoms with van der Waals surface area (Å²) in [6.45, 7) is 2.09. The molecular formula is C28H27ClF3N3O4S. The molecule has 0 N–H and O–H groups in total. The number of piperazine rings is 1. The molecule has 1 atom stereocenters. The Hall–Kier alpha value is -3.57. The molecule has 2 heterocycles. The van der Waals surface area contributed by atoms with E-state index in [-0.39, 0.29) is 44.0 Å². The third-order valence-electron chi connectivity index (χ3n) is 6.61. The molecule has 12 heteroatoms. The molecule has 0 aliphatic carbocycles. The highest BCUT2D eigenvalue weighted by molar-refractivity contribution is 7.10. The van der Waals surface area contributed by atoms with Crippen LogP contribution in [0.25, 0.3) is 0 Å². The van der Waals surface area contributed by atoms with Crippen LogP contribution >= 0.6 is 22.9 Å². The average Bonchev–Trinajstić information content (AvgIpc) is 3.49. The van der Waals surface area contributed by atoms with E-state index < -0.39 is 41.6 Å². The number of thiophene rings is 1. The van der Waals surface area contributed by atoms with Gasteiger partial charge in [-0.3, -0.25) is 14.5 Å². The Labute approximate surface area is 238 Å². The van der Waals surface area contributed by atoms with Crippen LogP contribution in [0.15, 0.2) is 66.0 Å². The summed E-state index contributed by atoms with van der Waals surface area (Å²) < 4.78 is 46.5. The van der Waals surface area contributed by atoms with Crippen LogP contribution in [0.1, 0.15) is 27.6 Å². The van der Waals surface area contributed by atoms with E-state index in [1.54, 1.807) is 17.5 Å². The lowest BCUT2D eigenvalue weighted by atomic mass is 10.0. The van der Waals surface area contributed by atoms with Crippen LogP contribution < -0.4 is 4.90 Å². The molecule has 1 aromatic heterocycles. The zero-order valence-electron chi connectivity index (χ0n) is 21.6. The van der Waals surface area contributed by atoms with Gasteiger partial charge < -0.3 is 14.5 Å². The number of carbonyl (C=O) groups is 3. The minimum Gasteiger partial charge on any atom is -0.445 e. The number of halogens is 4. The van der Waals surface area contributed by atoms with Crippen molar-refractivity contribution in [3.63, 3.8) is 0 Å². The summed E-state index contributed by atoms with van der Waals surface area (Å²) in [7, 11) is 0. The largest absolute Gasteiger partial charge is 0.445 e. The summed E-state index contributed by atoms with van der Waals surface area (Å²) in [5.41, 5.74) is -0.293. The second-order valence-electron chi connectivity index (χ2n) is 9.12. The van der Waals surface area contributed by atoms with Gasteiger partial charge in [0.25, 0.3) is 5.91 Å². The number of nitrogens with zero attached hydrogens (tertiary/aromatic N) is 3. The van der Waals surface area contributed by atoms with Crippen LogP contribution in [-0.4, -0.2) is 59.8 Å². The van der Waals surface area contributed by atoms with Gasteiger partial charge in [0.05, 0.1) is 5.56 Å². The number of ether oxygens (including phenoxy) is 1. The lowest BCUT2D eigenvalue weighted by molar-refractivity contribution is -0.138. The predicted molar refractivity (Wildman–Crippen MR) is 146 cm³/mol. The molecule has 4 rings (SSSR count). The first-order valence-electron chi connectivity index (χ1n) is 12.4. The summed E-state index contributed by atoms with van der Waals surface area (Å²) >= 11 is 7.12. The van der Waals surface area contributed by atoms with Crippen LogP contribution in [-0.2, 0) is 27.1 Å². The molecule has 1 saturated heterocycles. The topological polar surface area (TPSA) is 70.2 Å². The molecule has 0 radical (unpaired) electrons. The van der Waals surface area contributed by atoms with Gasteiger partial charge in [-0.25, -0.2) is 4.79 Å². The summed E-state index contributed by atoms with van der Waals surface area (Å²) in [6.07, 6.45) is -5.16. The van der Waals surface area contributed by atoms with Gasteiger partial charge in [0.1, 0.15) is 18.5 Å². The summed E-state index contributed by atoms with van der Waals surface area (Å²) in [4.78, 5) is 44.2. The summed E-state index contributed by atoms with van der Waals surface area (Å²) in [5.74, 6) is -1.72. The van der Waals surface area contributed by atoms with Gasteiger partial charge in [0.15, 0.2) is 0 Å². The number of rotatable bonds is 7. The van der Waals surface area contributed by atoms with Gasteiger partial charge in [-0.05, 0) is 41.6 Å². The lowest BCUT2D eigenvalue weighted by Gasteiger charge is -2.39. The van der Waals surface area contributed by atoms with Crippen molar-refractivity contribution in [2.75, 3.05) is 37.0 Å². The van der Waals surface area contributed by atoms with E-state index in [9.17, 15) is 27.6 Å². The maximum absolute atomic E-state index is 14.0. The normalized spacial score (nSPS) is 14.5. The van der Waals surface area contributed by atoms with Crippen LogP contribution in [0, 0.1) is 6.92 Å². The van der Waals surface area contributed by atoms with Crippen molar-refractivity contribution in [1.82, 2.24) is 9.80 Å². The van der Waals surface area contributed by atoms with Gasteiger partial charge in [-0.2, -0.15) is 13.2 Å². The van der Waals surface area contributed by atoms with E-state index in [4.69, 9.17) is 16.3 Å². The quantitative estimate of drug-likeness (QED) is 0.321. The number of anilines is 1. The molecular weight excluding hydrogens is 567 g/mol. The maximum atomic E-state index is 14.0. The summed E-state index contributed by atoms with van der Waals surface area (Å²) in [5, 5.41) is 1.72. The first kappa shape index (κ1) is 29.4. The Morgan fingerprint density at radius 1 is 0.975 bits per heavy atom. The molecule has 1 aliphatic rings. The minimum atomic E-state index is -4.65. The van der Waals surface area contributed by atoms with Gasteiger partial charge >= 0.3 is 12.3 Å². The number of carbonyl (C=O) groups excluding carboxylic acids is 3. The molecule has 1 unspecified atom stereocenters. The third-order valence-corrected chi connectivity index (χ3v) is 7.77. The fourth-order valence-electron chi connectivity index (χ4n) is 4.57. The highest BCUT2D eigenvalue weighted by atomic mass is 35.5. The van der Waals surface area contributed by atoms with Crippen molar-refractivity contribution in [1.29, 1.82) is 0 Å². The molecule has 0 bridgehead atoms. The van der Waals surface area contributed by atoms with Crippen molar-refractivity contribution in [3.05, 3.63) is 87.6 Å². The zero-order chi connectivity index (χ0) is 28.9. The number of alkyl halides is 4. The number of hydrogen-bond donors (Lipinski definition) is 0. The second kappa shape index (κ2) is 12.7. The van der Waals surface area contributed by atoms with E-state index >= 15 is 0 Å². The fraction of sp³-hybridized carbons (Fsp3) is 0.321. The molecule has 1 aliphatic heterocycles. The predicted octanol–water partition coefficient (Wildman–Crippen LogP) is 5.87. The van der Waals surface area contributed by atoms with E-state index in [2.05, 4.69) is 0 Å². The zero-order valence-corrected chi connectivity index (χ0v) is 23.1. The highest BCUT2D eigenvalue weighted by Crippen LogP contribution is 2.39. The molecule has 1 fully saturated rings. The van der Waals surface area contributed by atoms with Crippen molar-refractivity contribution in [3.8, 4) is 0 Å². The SMILES string of the molecule is Cc1c(N(C(=O)CCl)C(C(=O)N2CCN(C(=O)OCc3ccccc3)CC2)c2cccs2)cccc1C(F)(F)F. The van der Waals surface area contributed by atoms with E-state index in [1.165, 1.54) is 40.2 Å². The average molecular weight is 594 g/mol. The van der Waals surface area contributed by atoms with Crippen molar-refractivity contribution >= 4 is 46.5 Å². The van der Waals surface area contributed by atoms with E-state index in [0.29, 0.717) is 4.88 Å². The van der Waals surface area contributed by atoms with Crippen LogP contribution in [0.2, 0.25) is 0 Å². The molecule has 2 aromatic carbocycles. The first-order chi connectivity index (χ1) is 19.1. The molecule has 0 saturated carbocycles. The maximum Gasteiger partial charge on any atom is 0.416 e. The lowest BCUT2D eigenvalue weighted by Crippen LogP contribution is -2.54. The number of hydrogen-bond acceptors (Lipinski definition) is 5. The van der Waals surface area contributed by atoms with Crippen molar-refractivity contribution in [2.45, 2.75) is 25.7 Å². The second-order valence-corrected chi connectivity index (χ2v) is 10.4. The van der Waals surface area contributed by atoms with Gasteiger partial charge in [0.2, 0.25) is 5.91 Å². The molecule has 0 spiro atoms. The molecule has 40 heavy (non-hydrogen) atoms. The first-order valence-corrected chi connectivity index (χ1v) is 13.9. The van der Waals surface area contributed by atoms with Gasteiger partial charge in [-0.1, -0.05) is 42.5 Å². The highest BCUT2D eigenvalue weighted by Gasteiger charge is 2.40. The number of benzene rings is 2. The van der Waals surface area contributed by atoms with Crippen molar-refractivity contribution < 1.29 is 32.3 Å². The third kappa shape index (κ3) is 6.59. The van der Waals surface area contributed by atoms with E-state index in [1.807, 2.05) is 30.3 Å². The van der Waals surface area contributed by atoms with Crippen molar-refractivity contribution in [2.24, 2.45) is 0 Å². The number of amides is 3. The fourth-order valence-corrected chi connectivity index (χ4v) is 5.51.